The second-order valence-electron chi connectivity index (χ2n) is 7.19. The second kappa shape index (κ2) is 7.69. The number of piperidine rings is 1. The maximum atomic E-state index is 13.0. The maximum absolute atomic E-state index is 13.0. The van der Waals surface area contributed by atoms with Gasteiger partial charge < -0.3 is 10.3 Å². The zero-order chi connectivity index (χ0) is 19.7. The molecule has 0 bridgehead atoms. The van der Waals surface area contributed by atoms with Crippen LogP contribution in [0, 0.1) is 11.8 Å². The molecule has 9 heteroatoms. The summed E-state index contributed by atoms with van der Waals surface area (Å²) in [7, 11) is -3.53. The molecule has 0 amide bonds. The van der Waals surface area contributed by atoms with Crippen molar-refractivity contribution in [3.63, 3.8) is 0 Å². The molecule has 4 rings (SSSR count). The number of aromatic amines is 1. The Balaban J connectivity index is 1.49. The Morgan fingerprint density at radius 3 is 2.82 bits per heavy atom. The third-order valence-electron chi connectivity index (χ3n) is 5.41. The monoisotopic (exact) mass is 419 g/mol. The lowest BCUT2D eigenvalue weighted by Crippen LogP contribution is -2.45. The topological polar surface area (TPSA) is 91.0 Å². The first kappa shape index (κ1) is 19.2. The lowest BCUT2D eigenvalue weighted by Gasteiger charge is -2.36. The first-order valence-corrected chi connectivity index (χ1v) is 11.0. The van der Waals surface area contributed by atoms with Gasteiger partial charge in [0.05, 0.1) is 10.3 Å². The summed E-state index contributed by atoms with van der Waals surface area (Å²) < 4.78 is 27.6. The van der Waals surface area contributed by atoms with Crippen LogP contribution in [0.15, 0.2) is 47.8 Å². The lowest BCUT2D eigenvalue weighted by atomic mass is 9.88. The molecule has 1 saturated heterocycles. The third-order valence-corrected chi connectivity index (χ3v) is 7.55. The predicted molar refractivity (Wildman–Crippen MR) is 110 cm³/mol. The van der Waals surface area contributed by atoms with Crippen LogP contribution in [0.1, 0.15) is 13.3 Å². The number of H-pyrrole nitrogens is 1. The lowest BCUT2D eigenvalue weighted by molar-refractivity contribution is 0.207. The van der Waals surface area contributed by atoms with E-state index in [0.29, 0.717) is 30.6 Å². The minimum atomic E-state index is -3.53. The van der Waals surface area contributed by atoms with E-state index in [-0.39, 0.29) is 10.8 Å². The number of fused-ring (bicyclic) bond motifs is 1. The number of hydrogen-bond donors (Lipinski definition) is 2. The normalized spacial score (nSPS) is 21.1. The van der Waals surface area contributed by atoms with Crippen LogP contribution < -0.4 is 5.32 Å². The molecular weight excluding hydrogens is 398 g/mol. The predicted octanol–water partition coefficient (Wildman–Crippen LogP) is 3.37. The molecule has 3 heterocycles. The third kappa shape index (κ3) is 3.72. The summed E-state index contributed by atoms with van der Waals surface area (Å²) in [6.45, 7) is 3.81. The second-order valence-corrected chi connectivity index (χ2v) is 9.56. The minimum absolute atomic E-state index is 0.180. The van der Waals surface area contributed by atoms with E-state index in [1.165, 1.54) is 6.33 Å². The fraction of sp³-hybridized carbons (Fsp3) is 0.368. The van der Waals surface area contributed by atoms with Crippen LogP contribution in [-0.4, -0.2) is 47.3 Å². The molecule has 3 aromatic rings. The fourth-order valence-corrected chi connectivity index (χ4v) is 5.23. The van der Waals surface area contributed by atoms with Crippen LogP contribution in [0.2, 0.25) is 5.02 Å². The van der Waals surface area contributed by atoms with Crippen molar-refractivity contribution in [2.75, 3.05) is 25.0 Å². The smallest absolute Gasteiger partial charge is 0.243 e. The zero-order valence-electron chi connectivity index (χ0n) is 15.5. The van der Waals surface area contributed by atoms with Crippen LogP contribution in [-0.2, 0) is 10.0 Å². The highest BCUT2D eigenvalue weighted by Crippen LogP contribution is 2.29. The number of nitrogens with one attached hydrogen (secondary N) is 2. The van der Waals surface area contributed by atoms with Crippen LogP contribution in [0.5, 0.6) is 0 Å². The van der Waals surface area contributed by atoms with Crippen molar-refractivity contribution in [2.24, 2.45) is 11.8 Å². The summed E-state index contributed by atoms with van der Waals surface area (Å²) in [4.78, 5) is 11.9. The number of nitrogens with zero attached hydrogens (tertiary/aromatic N) is 3. The Morgan fingerprint density at radius 1 is 1.25 bits per heavy atom. The van der Waals surface area contributed by atoms with Crippen molar-refractivity contribution < 1.29 is 8.42 Å². The van der Waals surface area contributed by atoms with Gasteiger partial charge in [0.25, 0.3) is 0 Å². The summed E-state index contributed by atoms with van der Waals surface area (Å²) in [5.41, 5.74) is 0.779. The number of benzene rings is 1. The van der Waals surface area contributed by atoms with Crippen molar-refractivity contribution in [1.29, 1.82) is 0 Å². The van der Waals surface area contributed by atoms with Gasteiger partial charge in [0.1, 0.15) is 17.8 Å². The van der Waals surface area contributed by atoms with Crippen LogP contribution in [0.3, 0.4) is 0 Å². The van der Waals surface area contributed by atoms with Crippen LogP contribution >= 0.6 is 11.6 Å². The van der Waals surface area contributed by atoms with Gasteiger partial charge in [0.15, 0.2) is 0 Å². The highest BCUT2D eigenvalue weighted by Gasteiger charge is 2.33. The molecule has 2 N–H and O–H groups in total. The van der Waals surface area contributed by atoms with E-state index in [2.05, 4.69) is 27.2 Å². The molecule has 1 aromatic carbocycles. The van der Waals surface area contributed by atoms with E-state index in [9.17, 15) is 8.42 Å². The summed E-state index contributed by atoms with van der Waals surface area (Å²) >= 11 is 5.89. The van der Waals surface area contributed by atoms with E-state index >= 15 is 0 Å². The number of sulfonamides is 1. The standard InChI is InChI=1S/C19H22ClN5O2S/c1-13-7-9-25(28(26,27)16-4-2-15(20)3-5-16)11-14(13)10-22-19-17-6-8-21-18(17)23-12-24-19/h2-6,8,12-14H,7,9-11H2,1H3,(H2,21,22,23,24). The molecule has 0 aliphatic carbocycles. The molecule has 2 aromatic heterocycles. The number of aromatic nitrogens is 3. The molecule has 1 fully saturated rings. The molecule has 1 aliphatic rings. The Hall–Kier alpha value is -2.16. The van der Waals surface area contributed by atoms with Crippen LogP contribution in [0.25, 0.3) is 11.0 Å². The Bertz CT molecular complexity index is 1070. The van der Waals surface area contributed by atoms with Crippen molar-refractivity contribution >= 4 is 38.5 Å². The van der Waals surface area contributed by atoms with Crippen molar-refractivity contribution in [3.8, 4) is 0 Å². The van der Waals surface area contributed by atoms with E-state index in [4.69, 9.17) is 11.6 Å². The van der Waals surface area contributed by atoms with E-state index < -0.39 is 10.0 Å². The summed E-state index contributed by atoms with van der Waals surface area (Å²) in [5, 5.41) is 4.83. The molecule has 0 saturated carbocycles. The summed E-state index contributed by atoms with van der Waals surface area (Å²) in [5.74, 6) is 1.35. The Morgan fingerprint density at radius 2 is 2.04 bits per heavy atom. The van der Waals surface area contributed by atoms with Crippen LogP contribution in [0.4, 0.5) is 5.82 Å². The van der Waals surface area contributed by atoms with Crippen molar-refractivity contribution in [1.82, 2.24) is 19.3 Å². The van der Waals surface area contributed by atoms with Crippen molar-refractivity contribution in [2.45, 2.75) is 18.2 Å². The van der Waals surface area contributed by atoms with E-state index in [0.717, 1.165) is 23.3 Å². The molecular formula is C19H22ClN5O2S. The minimum Gasteiger partial charge on any atom is -0.369 e. The average molecular weight is 420 g/mol. The van der Waals surface area contributed by atoms with E-state index in [1.807, 2.05) is 12.3 Å². The molecule has 7 nitrogen and oxygen atoms in total. The van der Waals surface area contributed by atoms with Gasteiger partial charge in [-0.1, -0.05) is 18.5 Å². The molecule has 1 aliphatic heterocycles. The highest BCUT2D eigenvalue weighted by molar-refractivity contribution is 7.89. The zero-order valence-corrected chi connectivity index (χ0v) is 17.0. The van der Waals surface area contributed by atoms with Gasteiger partial charge in [-0.15, -0.1) is 0 Å². The average Bonchev–Trinajstić information content (AvgIpc) is 3.17. The largest absolute Gasteiger partial charge is 0.369 e. The molecule has 2 atom stereocenters. The summed E-state index contributed by atoms with van der Waals surface area (Å²) in [6.07, 6.45) is 4.17. The van der Waals surface area contributed by atoms with Gasteiger partial charge in [0, 0.05) is 30.9 Å². The SMILES string of the molecule is CC1CCN(S(=O)(=O)c2ccc(Cl)cc2)CC1CNc1ncnc2[nH]ccc12. The summed E-state index contributed by atoms with van der Waals surface area (Å²) in [6, 6.07) is 8.27. The Labute approximate surface area is 169 Å². The number of halogens is 1. The highest BCUT2D eigenvalue weighted by atomic mass is 35.5. The maximum Gasteiger partial charge on any atom is 0.243 e. The first-order valence-electron chi connectivity index (χ1n) is 9.23. The van der Waals surface area contributed by atoms with Crippen molar-refractivity contribution in [3.05, 3.63) is 47.9 Å². The van der Waals surface area contributed by atoms with Gasteiger partial charge in [-0.3, -0.25) is 0 Å². The molecule has 28 heavy (non-hydrogen) atoms. The Kier molecular flexibility index (Phi) is 5.27. The van der Waals surface area contributed by atoms with Gasteiger partial charge in [0.2, 0.25) is 10.0 Å². The number of hydrogen-bond acceptors (Lipinski definition) is 5. The van der Waals surface area contributed by atoms with Gasteiger partial charge >= 0.3 is 0 Å². The molecule has 0 radical (unpaired) electrons. The first-order chi connectivity index (χ1) is 13.4. The van der Waals surface area contributed by atoms with Gasteiger partial charge in [-0.05, 0) is 48.6 Å². The quantitative estimate of drug-likeness (QED) is 0.661. The number of rotatable bonds is 5. The molecule has 148 valence electrons. The van der Waals surface area contributed by atoms with E-state index in [1.54, 1.807) is 28.6 Å². The van der Waals surface area contributed by atoms with Gasteiger partial charge in [-0.25, -0.2) is 18.4 Å². The van der Waals surface area contributed by atoms with Gasteiger partial charge in [-0.2, -0.15) is 4.31 Å². The number of anilines is 1. The fourth-order valence-electron chi connectivity index (χ4n) is 3.60. The molecule has 0 spiro atoms. The molecule has 2 unspecified atom stereocenters.